The number of anilines is 1. The lowest BCUT2D eigenvalue weighted by molar-refractivity contribution is 0.625. The van der Waals surface area contributed by atoms with Gasteiger partial charge in [-0.3, -0.25) is 0 Å². The van der Waals surface area contributed by atoms with Gasteiger partial charge in [-0.1, -0.05) is 0 Å². The molecular formula is C20H19FN6. The number of pyridine rings is 1. The third-order valence-electron chi connectivity index (χ3n) is 4.83. The summed E-state index contributed by atoms with van der Waals surface area (Å²) in [5, 5.41) is 17.6. The fourth-order valence-electron chi connectivity index (χ4n) is 3.69. The van der Waals surface area contributed by atoms with Crippen molar-refractivity contribution in [2.24, 2.45) is 0 Å². The Labute approximate surface area is 156 Å². The van der Waals surface area contributed by atoms with Crippen molar-refractivity contribution in [1.29, 1.82) is 5.26 Å². The summed E-state index contributed by atoms with van der Waals surface area (Å²) in [6, 6.07) is 8.64. The Morgan fingerprint density at radius 2 is 2.11 bits per heavy atom. The number of rotatable bonds is 2. The first kappa shape index (κ1) is 17.2. The Morgan fingerprint density at radius 1 is 1.30 bits per heavy atom. The molecule has 27 heavy (non-hydrogen) atoms. The number of hydrogen-bond acceptors (Lipinski definition) is 5. The third kappa shape index (κ3) is 2.84. The quantitative estimate of drug-likeness (QED) is 0.731. The average Bonchev–Trinajstić information content (AvgIpc) is 2.98. The van der Waals surface area contributed by atoms with E-state index < -0.39 is 0 Å². The fourth-order valence-corrected chi connectivity index (χ4v) is 3.69. The number of benzene rings is 1. The Hall–Kier alpha value is -3.24. The lowest BCUT2D eigenvalue weighted by Gasteiger charge is -2.23. The van der Waals surface area contributed by atoms with E-state index in [1.807, 2.05) is 19.9 Å². The summed E-state index contributed by atoms with van der Waals surface area (Å²) < 4.78 is 16.0. The zero-order chi connectivity index (χ0) is 19.1. The summed E-state index contributed by atoms with van der Waals surface area (Å²) in [5.74, 6) is -0.205. The smallest absolute Gasteiger partial charge is 0.142 e. The second-order valence-electron chi connectivity index (χ2n) is 6.71. The number of nitrogens with zero attached hydrogens (tertiary/aromatic N) is 4. The van der Waals surface area contributed by atoms with Crippen LogP contribution in [0.15, 0.2) is 24.3 Å². The van der Waals surface area contributed by atoms with Gasteiger partial charge in [0.25, 0.3) is 0 Å². The van der Waals surface area contributed by atoms with Gasteiger partial charge in [0.15, 0.2) is 0 Å². The lowest BCUT2D eigenvalue weighted by Crippen LogP contribution is -2.26. The topological polar surface area (TPSA) is 92.5 Å². The minimum absolute atomic E-state index is 0.178. The minimum Gasteiger partial charge on any atom is -0.383 e. The molecule has 7 heteroatoms. The van der Waals surface area contributed by atoms with Gasteiger partial charge in [0.2, 0.25) is 0 Å². The predicted octanol–water partition coefficient (Wildman–Crippen LogP) is 2.79. The van der Waals surface area contributed by atoms with Crippen LogP contribution in [-0.2, 0) is 13.0 Å². The van der Waals surface area contributed by atoms with Crippen molar-refractivity contribution in [1.82, 2.24) is 20.1 Å². The number of nitrogens with two attached hydrogens (primary N) is 1. The summed E-state index contributed by atoms with van der Waals surface area (Å²) in [6.45, 7) is 5.19. The highest BCUT2D eigenvalue weighted by atomic mass is 19.1. The van der Waals surface area contributed by atoms with Crippen LogP contribution >= 0.6 is 0 Å². The third-order valence-corrected chi connectivity index (χ3v) is 4.83. The van der Waals surface area contributed by atoms with E-state index in [0.29, 0.717) is 29.8 Å². The Bertz CT molecular complexity index is 1090. The zero-order valence-electron chi connectivity index (χ0n) is 15.2. The Balaban J connectivity index is 2.08. The maximum Gasteiger partial charge on any atom is 0.142 e. The first-order valence-corrected chi connectivity index (χ1v) is 8.75. The van der Waals surface area contributed by atoms with Gasteiger partial charge < -0.3 is 11.1 Å². The van der Waals surface area contributed by atoms with Gasteiger partial charge in [-0.25, -0.2) is 14.1 Å². The Morgan fingerprint density at radius 3 is 2.81 bits per heavy atom. The number of nitrogen functional groups attached to an aromatic ring is 1. The van der Waals surface area contributed by atoms with Crippen molar-refractivity contribution in [3.8, 4) is 22.9 Å². The van der Waals surface area contributed by atoms with Crippen LogP contribution in [0, 0.1) is 31.0 Å². The first-order chi connectivity index (χ1) is 13.0. The van der Waals surface area contributed by atoms with E-state index >= 15 is 0 Å². The molecule has 0 amide bonds. The van der Waals surface area contributed by atoms with Gasteiger partial charge in [0, 0.05) is 42.0 Å². The molecule has 2 aromatic heterocycles. The van der Waals surface area contributed by atoms with Crippen molar-refractivity contribution < 1.29 is 4.39 Å². The van der Waals surface area contributed by atoms with E-state index in [2.05, 4.69) is 21.5 Å². The van der Waals surface area contributed by atoms with Gasteiger partial charge in [0.05, 0.1) is 11.4 Å². The van der Waals surface area contributed by atoms with Crippen molar-refractivity contribution in [3.63, 3.8) is 0 Å². The van der Waals surface area contributed by atoms with Gasteiger partial charge in [-0.2, -0.15) is 10.4 Å². The van der Waals surface area contributed by atoms with E-state index in [1.165, 1.54) is 12.1 Å². The maximum atomic E-state index is 14.2. The average molecular weight is 362 g/mol. The van der Waals surface area contributed by atoms with Gasteiger partial charge >= 0.3 is 0 Å². The van der Waals surface area contributed by atoms with Gasteiger partial charge in [-0.05, 0) is 43.7 Å². The molecule has 0 radical (unpaired) electrons. The van der Waals surface area contributed by atoms with E-state index in [4.69, 9.17) is 5.73 Å². The highest BCUT2D eigenvalue weighted by Gasteiger charge is 2.24. The van der Waals surface area contributed by atoms with Gasteiger partial charge in [0.1, 0.15) is 23.3 Å². The summed E-state index contributed by atoms with van der Waals surface area (Å²) in [7, 11) is 0. The van der Waals surface area contributed by atoms with E-state index in [0.717, 1.165) is 29.2 Å². The van der Waals surface area contributed by atoms with Gasteiger partial charge in [-0.15, -0.1) is 0 Å². The molecule has 0 unspecified atom stereocenters. The fraction of sp³-hybridized carbons (Fsp3) is 0.250. The standard InChI is InChI=1S/C20H19FN6/c1-11-7-12(2)27(26-11)18-4-3-13(21)8-14(18)19-15(9-22)20(23)25-17-5-6-24-10-16(17)19/h3-4,7-8,24H,5-6,10H2,1-2H3,(H2,23,25). The Kier molecular flexibility index (Phi) is 4.13. The molecule has 1 aliphatic heterocycles. The molecule has 6 nitrogen and oxygen atoms in total. The second kappa shape index (κ2) is 6.49. The molecule has 3 aromatic rings. The highest BCUT2D eigenvalue weighted by molar-refractivity contribution is 5.84. The molecule has 0 fully saturated rings. The molecular weight excluding hydrogens is 343 g/mol. The summed E-state index contributed by atoms with van der Waals surface area (Å²) in [6.07, 6.45) is 0.711. The van der Waals surface area contributed by atoms with Crippen molar-refractivity contribution in [2.75, 3.05) is 12.3 Å². The molecule has 0 bridgehead atoms. The van der Waals surface area contributed by atoms with Crippen LogP contribution in [0.3, 0.4) is 0 Å². The lowest BCUT2D eigenvalue weighted by atomic mass is 9.90. The minimum atomic E-state index is -0.382. The molecule has 4 rings (SSSR count). The van der Waals surface area contributed by atoms with Crippen LogP contribution in [0.5, 0.6) is 0 Å². The zero-order valence-corrected chi connectivity index (χ0v) is 15.2. The molecule has 1 aromatic carbocycles. The number of nitrogens with one attached hydrogen (secondary N) is 1. The molecule has 136 valence electrons. The van der Waals surface area contributed by atoms with Crippen LogP contribution < -0.4 is 11.1 Å². The first-order valence-electron chi connectivity index (χ1n) is 8.75. The van der Waals surface area contributed by atoms with E-state index in [9.17, 15) is 9.65 Å². The van der Waals surface area contributed by atoms with E-state index in [1.54, 1.807) is 10.7 Å². The second-order valence-corrected chi connectivity index (χ2v) is 6.71. The van der Waals surface area contributed by atoms with Crippen LogP contribution in [0.4, 0.5) is 10.2 Å². The number of fused-ring (bicyclic) bond motifs is 1. The molecule has 3 heterocycles. The number of nitriles is 1. The van der Waals surface area contributed by atoms with E-state index in [-0.39, 0.29) is 17.2 Å². The SMILES string of the molecule is Cc1cc(C)n(-c2ccc(F)cc2-c2c(C#N)c(N)nc3c2CNCC3)n1. The number of halogens is 1. The molecule has 0 spiro atoms. The number of hydrogen-bond donors (Lipinski definition) is 2. The molecule has 0 saturated heterocycles. The normalized spacial score (nSPS) is 13.3. The monoisotopic (exact) mass is 362 g/mol. The molecule has 0 saturated carbocycles. The molecule has 1 aliphatic rings. The molecule has 3 N–H and O–H groups in total. The summed E-state index contributed by atoms with van der Waals surface area (Å²) in [5.41, 5.74) is 11.8. The van der Waals surface area contributed by atoms with Crippen molar-refractivity contribution in [2.45, 2.75) is 26.8 Å². The maximum absolute atomic E-state index is 14.2. The van der Waals surface area contributed by atoms with Crippen LogP contribution in [-0.4, -0.2) is 21.3 Å². The largest absolute Gasteiger partial charge is 0.383 e. The summed E-state index contributed by atoms with van der Waals surface area (Å²) >= 11 is 0. The molecule has 0 atom stereocenters. The number of aryl methyl sites for hydroxylation is 2. The van der Waals surface area contributed by atoms with Crippen molar-refractivity contribution in [3.05, 3.63) is 58.3 Å². The predicted molar refractivity (Wildman–Crippen MR) is 101 cm³/mol. The van der Waals surface area contributed by atoms with Crippen LogP contribution in [0.25, 0.3) is 16.8 Å². The van der Waals surface area contributed by atoms with Crippen LogP contribution in [0.2, 0.25) is 0 Å². The summed E-state index contributed by atoms with van der Waals surface area (Å²) in [4.78, 5) is 4.42. The molecule has 0 aliphatic carbocycles. The number of aromatic nitrogens is 3. The van der Waals surface area contributed by atoms with Crippen LogP contribution in [0.1, 0.15) is 28.2 Å². The van der Waals surface area contributed by atoms with Crippen molar-refractivity contribution >= 4 is 5.82 Å². The highest BCUT2D eigenvalue weighted by Crippen LogP contribution is 2.37.